The Hall–Kier alpha value is -3.52. The number of aromatic amines is 1. The molecule has 0 aliphatic carbocycles. The molecule has 0 amide bonds. The molecule has 1 aliphatic rings. The van der Waals surface area contributed by atoms with Gasteiger partial charge < -0.3 is 14.6 Å². The van der Waals surface area contributed by atoms with Gasteiger partial charge in [-0.25, -0.2) is 4.79 Å². The van der Waals surface area contributed by atoms with Crippen LogP contribution in [-0.4, -0.2) is 34.0 Å². The predicted molar refractivity (Wildman–Crippen MR) is 149 cm³/mol. The zero-order valence-corrected chi connectivity index (χ0v) is 21.3. The number of aliphatic hydroxyl groups excluding tert-OH is 1. The lowest BCUT2D eigenvalue weighted by molar-refractivity contribution is -0.0249. The molecule has 0 radical (unpaired) electrons. The second-order valence-electron chi connectivity index (χ2n) is 10.2. The van der Waals surface area contributed by atoms with Gasteiger partial charge in [-0.15, -0.1) is 0 Å². The maximum atomic E-state index is 12.3. The Morgan fingerprint density at radius 3 is 2.45 bits per heavy atom. The Balaban J connectivity index is 1.03. The molecule has 5 aromatic rings. The van der Waals surface area contributed by atoms with Crippen molar-refractivity contribution in [1.29, 1.82) is 0 Å². The number of aromatic nitrogens is 2. The monoisotopic (exact) mass is 512 g/mol. The number of aryl methyl sites for hydroxylation is 1. The van der Waals surface area contributed by atoms with Gasteiger partial charge in [0.25, 0.3) is 5.56 Å². The summed E-state index contributed by atoms with van der Waals surface area (Å²) < 4.78 is 12.9. The molecular weight excluding hydrogens is 480 g/mol. The van der Waals surface area contributed by atoms with Crippen LogP contribution in [0.3, 0.4) is 0 Å². The van der Waals surface area contributed by atoms with Crippen LogP contribution < -0.4 is 11.2 Å². The quantitative estimate of drug-likeness (QED) is 0.202. The number of H-pyrrole nitrogens is 1. The summed E-state index contributed by atoms with van der Waals surface area (Å²) >= 11 is 0. The van der Waals surface area contributed by atoms with Gasteiger partial charge in [0, 0.05) is 12.8 Å². The molecule has 1 aromatic heterocycles. The molecule has 1 fully saturated rings. The molecule has 0 spiro atoms. The molecule has 0 bridgehead atoms. The van der Waals surface area contributed by atoms with Crippen molar-refractivity contribution in [3.8, 4) is 0 Å². The topological polar surface area (TPSA) is 93.6 Å². The Kier molecular flexibility index (Phi) is 6.98. The van der Waals surface area contributed by atoms with Crippen LogP contribution in [0.4, 0.5) is 0 Å². The maximum absolute atomic E-state index is 12.3. The molecule has 2 atom stereocenters. The fraction of sp³-hybridized carbons (Fsp3) is 0.355. The zero-order chi connectivity index (χ0) is 26.1. The molecule has 2 heterocycles. The SMILES string of the molecule is O=c1[nH]c(=O)n(C2CCC(CO)O2)cc1COCCCCCc1ccc2ccc3cccc4ccc1c2c34. The van der Waals surface area contributed by atoms with Crippen molar-refractivity contribution in [3.05, 3.63) is 92.8 Å². The van der Waals surface area contributed by atoms with Crippen LogP contribution in [0.1, 0.15) is 49.5 Å². The van der Waals surface area contributed by atoms with Gasteiger partial charge in [-0.2, -0.15) is 0 Å². The lowest BCUT2D eigenvalue weighted by Gasteiger charge is -2.15. The number of nitrogens with zero attached hydrogens (tertiary/aromatic N) is 1. The summed E-state index contributed by atoms with van der Waals surface area (Å²) in [6, 6.07) is 19.9. The fourth-order valence-electron chi connectivity index (χ4n) is 5.76. The Labute approximate surface area is 220 Å². The molecule has 196 valence electrons. The third kappa shape index (κ3) is 4.73. The third-order valence-electron chi connectivity index (χ3n) is 7.75. The number of rotatable bonds is 10. The number of benzene rings is 4. The average Bonchev–Trinajstić information content (AvgIpc) is 3.42. The Bertz CT molecular complexity index is 1670. The largest absolute Gasteiger partial charge is 0.394 e. The van der Waals surface area contributed by atoms with E-state index in [0.29, 0.717) is 25.0 Å². The van der Waals surface area contributed by atoms with E-state index in [4.69, 9.17) is 9.47 Å². The molecule has 7 heteroatoms. The van der Waals surface area contributed by atoms with Gasteiger partial charge in [-0.1, -0.05) is 61.0 Å². The first-order chi connectivity index (χ1) is 18.6. The van der Waals surface area contributed by atoms with Gasteiger partial charge >= 0.3 is 5.69 Å². The number of hydrogen-bond donors (Lipinski definition) is 2. The van der Waals surface area contributed by atoms with E-state index in [1.54, 1.807) is 0 Å². The van der Waals surface area contributed by atoms with E-state index in [1.165, 1.54) is 48.6 Å². The molecule has 1 saturated heterocycles. The number of aliphatic hydroxyl groups is 1. The maximum Gasteiger partial charge on any atom is 0.330 e. The van der Waals surface area contributed by atoms with Crippen molar-refractivity contribution < 1.29 is 14.6 Å². The summed E-state index contributed by atoms with van der Waals surface area (Å²) in [6.45, 7) is 0.603. The Morgan fingerprint density at radius 2 is 1.66 bits per heavy atom. The fourth-order valence-corrected chi connectivity index (χ4v) is 5.76. The van der Waals surface area contributed by atoms with E-state index in [1.807, 2.05) is 0 Å². The molecular formula is C31H32N2O5. The van der Waals surface area contributed by atoms with Gasteiger partial charge in [0.2, 0.25) is 0 Å². The van der Waals surface area contributed by atoms with Crippen LogP contribution in [0.2, 0.25) is 0 Å². The molecule has 6 rings (SSSR count). The molecule has 1 aliphatic heterocycles. The minimum atomic E-state index is -0.505. The first kappa shape index (κ1) is 24.8. The van der Waals surface area contributed by atoms with Gasteiger partial charge in [-0.3, -0.25) is 14.3 Å². The van der Waals surface area contributed by atoms with Gasteiger partial charge in [0.05, 0.1) is 24.9 Å². The second-order valence-corrected chi connectivity index (χ2v) is 10.2. The van der Waals surface area contributed by atoms with E-state index >= 15 is 0 Å². The molecule has 2 unspecified atom stereocenters. The van der Waals surface area contributed by atoms with E-state index in [9.17, 15) is 14.7 Å². The highest BCUT2D eigenvalue weighted by Crippen LogP contribution is 2.36. The molecule has 2 N–H and O–H groups in total. The number of nitrogens with one attached hydrogen (secondary N) is 1. The van der Waals surface area contributed by atoms with Crippen LogP contribution in [0.25, 0.3) is 32.3 Å². The minimum absolute atomic E-state index is 0.0821. The predicted octanol–water partition coefficient (Wildman–Crippen LogP) is 5.03. The average molecular weight is 513 g/mol. The zero-order valence-electron chi connectivity index (χ0n) is 21.3. The van der Waals surface area contributed by atoms with E-state index in [2.05, 4.69) is 59.6 Å². The summed E-state index contributed by atoms with van der Waals surface area (Å²) in [5.41, 5.74) is 0.836. The summed E-state index contributed by atoms with van der Waals surface area (Å²) in [7, 11) is 0. The van der Waals surface area contributed by atoms with Crippen molar-refractivity contribution in [1.82, 2.24) is 9.55 Å². The van der Waals surface area contributed by atoms with Crippen molar-refractivity contribution >= 4 is 32.3 Å². The van der Waals surface area contributed by atoms with Gasteiger partial charge in [0.1, 0.15) is 6.23 Å². The van der Waals surface area contributed by atoms with Crippen molar-refractivity contribution in [3.63, 3.8) is 0 Å². The van der Waals surface area contributed by atoms with Crippen LogP contribution >= 0.6 is 0 Å². The van der Waals surface area contributed by atoms with E-state index < -0.39 is 17.5 Å². The lowest BCUT2D eigenvalue weighted by atomic mass is 9.90. The van der Waals surface area contributed by atoms with Crippen molar-refractivity contribution in [2.24, 2.45) is 0 Å². The van der Waals surface area contributed by atoms with Crippen LogP contribution in [0, 0.1) is 0 Å². The van der Waals surface area contributed by atoms with Crippen LogP contribution in [-0.2, 0) is 22.5 Å². The van der Waals surface area contributed by atoms with E-state index in [0.717, 1.165) is 25.7 Å². The smallest absolute Gasteiger partial charge is 0.330 e. The third-order valence-corrected chi connectivity index (χ3v) is 7.75. The lowest BCUT2D eigenvalue weighted by Crippen LogP contribution is -2.34. The van der Waals surface area contributed by atoms with Crippen LogP contribution in [0.5, 0.6) is 0 Å². The summed E-state index contributed by atoms with van der Waals surface area (Å²) in [5, 5.41) is 17.2. The first-order valence-electron chi connectivity index (χ1n) is 13.5. The second kappa shape index (κ2) is 10.7. The normalized spacial score (nSPS) is 17.8. The molecule has 0 saturated carbocycles. The number of unbranched alkanes of at least 4 members (excludes halogenated alkanes) is 2. The van der Waals surface area contributed by atoms with Crippen LogP contribution in [0.15, 0.2) is 70.4 Å². The van der Waals surface area contributed by atoms with Gasteiger partial charge in [0.15, 0.2) is 0 Å². The van der Waals surface area contributed by atoms with Gasteiger partial charge in [-0.05, 0) is 70.0 Å². The summed E-state index contributed by atoms with van der Waals surface area (Å²) in [6.07, 6.45) is 6.05. The standard InChI is InChI=1S/C31H32N2O5/c34-18-25-13-15-27(38-25)33-17-24(30(35)32-31(33)36)19-37-16-3-1-2-5-20-8-9-23-11-10-21-6-4-7-22-12-14-26(20)29(23)28(21)22/h4,6-12,14,17,25,27,34H,1-3,5,13,15-16,18-19H2,(H,32,35,36). The summed E-state index contributed by atoms with van der Waals surface area (Å²) in [4.78, 5) is 26.9. The highest BCUT2D eigenvalue weighted by atomic mass is 16.5. The summed E-state index contributed by atoms with van der Waals surface area (Å²) in [5.74, 6) is 0. The van der Waals surface area contributed by atoms with Crippen molar-refractivity contribution in [2.75, 3.05) is 13.2 Å². The molecule has 38 heavy (non-hydrogen) atoms. The highest BCUT2D eigenvalue weighted by molar-refractivity contribution is 6.23. The van der Waals surface area contributed by atoms with E-state index in [-0.39, 0.29) is 19.3 Å². The number of hydrogen-bond acceptors (Lipinski definition) is 5. The van der Waals surface area contributed by atoms with Crippen molar-refractivity contribution in [2.45, 2.75) is 57.5 Å². The minimum Gasteiger partial charge on any atom is -0.394 e. The molecule has 4 aromatic carbocycles. The Morgan fingerprint density at radius 1 is 0.895 bits per heavy atom. The first-order valence-corrected chi connectivity index (χ1v) is 13.5. The highest BCUT2D eigenvalue weighted by Gasteiger charge is 2.27. The number of ether oxygens (including phenoxy) is 2. The molecule has 7 nitrogen and oxygen atoms in total.